The second-order valence-corrected chi connectivity index (χ2v) is 5.40. The summed E-state index contributed by atoms with van der Waals surface area (Å²) in [6.45, 7) is 4.38. The van der Waals surface area contributed by atoms with Gasteiger partial charge in [0.2, 0.25) is 0 Å². The van der Waals surface area contributed by atoms with Crippen LogP contribution < -0.4 is 5.32 Å². The number of hydrogen-bond acceptors (Lipinski definition) is 2. The summed E-state index contributed by atoms with van der Waals surface area (Å²) in [5, 5.41) is 3.36. The van der Waals surface area contributed by atoms with Crippen molar-refractivity contribution in [1.82, 2.24) is 14.9 Å². The van der Waals surface area contributed by atoms with E-state index in [2.05, 4.69) is 48.0 Å². The molecular formula is C14H19N3. The number of imidazole rings is 1. The van der Waals surface area contributed by atoms with E-state index < -0.39 is 0 Å². The summed E-state index contributed by atoms with van der Waals surface area (Å²) in [5.41, 5.74) is 2.30. The molecule has 0 bridgehead atoms. The zero-order valence-electron chi connectivity index (χ0n) is 10.7. The fourth-order valence-electron chi connectivity index (χ4n) is 2.30. The van der Waals surface area contributed by atoms with Gasteiger partial charge in [-0.25, -0.2) is 4.98 Å². The second-order valence-electron chi connectivity index (χ2n) is 5.40. The zero-order valence-corrected chi connectivity index (χ0v) is 10.7. The number of nitrogens with one attached hydrogen (secondary N) is 1. The Kier molecular flexibility index (Phi) is 2.26. The molecule has 0 unspecified atom stereocenters. The molecule has 0 atom stereocenters. The molecule has 3 rings (SSSR count). The van der Waals surface area contributed by atoms with E-state index in [0.717, 1.165) is 11.3 Å². The summed E-state index contributed by atoms with van der Waals surface area (Å²) in [6.07, 6.45) is 2.57. The number of para-hydroxylation sites is 2. The van der Waals surface area contributed by atoms with E-state index in [4.69, 9.17) is 4.98 Å². The topological polar surface area (TPSA) is 29.9 Å². The maximum atomic E-state index is 4.82. The second kappa shape index (κ2) is 3.57. The Balaban J connectivity index is 2.26. The lowest BCUT2D eigenvalue weighted by Gasteiger charge is -2.24. The molecule has 0 amide bonds. The summed E-state index contributed by atoms with van der Waals surface area (Å²) in [5.74, 6) is 1.16. The minimum Gasteiger partial charge on any atom is -0.323 e. The van der Waals surface area contributed by atoms with Crippen LogP contribution in [0.5, 0.6) is 0 Å². The van der Waals surface area contributed by atoms with E-state index in [1.54, 1.807) is 0 Å². The van der Waals surface area contributed by atoms with Crippen LogP contribution in [0.4, 0.5) is 0 Å². The van der Waals surface area contributed by atoms with Crippen molar-refractivity contribution in [2.24, 2.45) is 0 Å². The van der Waals surface area contributed by atoms with Crippen LogP contribution >= 0.6 is 0 Å². The minimum absolute atomic E-state index is 0.0817. The van der Waals surface area contributed by atoms with E-state index in [9.17, 15) is 0 Å². The van der Waals surface area contributed by atoms with Gasteiger partial charge in [0.05, 0.1) is 16.6 Å². The minimum atomic E-state index is -0.0817. The predicted octanol–water partition coefficient (Wildman–Crippen LogP) is 2.83. The van der Waals surface area contributed by atoms with Crippen molar-refractivity contribution >= 4 is 11.0 Å². The van der Waals surface area contributed by atoms with Crippen LogP contribution in [0.3, 0.4) is 0 Å². The molecule has 0 saturated heterocycles. The highest BCUT2D eigenvalue weighted by molar-refractivity contribution is 5.76. The molecule has 1 fully saturated rings. The maximum absolute atomic E-state index is 4.82. The van der Waals surface area contributed by atoms with Crippen molar-refractivity contribution in [2.45, 2.75) is 38.3 Å². The van der Waals surface area contributed by atoms with Crippen molar-refractivity contribution < 1.29 is 0 Å². The van der Waals surface area contributed by atoms with Crippen LogP contribution in [-0.4, -0.2) is 16.6 Å². The third kappa shape index (κ3) is 1.65. The fraction of sp³-hybridized carbons (Fsp3) is 0.500. The van der Waals surface area contributed by atoms with Gasteiger partial charge in [-0.2, -0.15) is 0 Å². The molecule has 1 N–H and O–H groups in total. The summed E-state index contributed by atoms with van der Waals surface area (Å²) < 4.78 is 2.42. The highest BCUT2D eigenvalue weighted by atomic mass is 15.2. The van der Waals surface area contributed by atoms with Gasteiger partial charge in [-0.1, -0.05) is 12.1 Å². The summed E-state index contributed by atoms with van der Waals surface area (Å²) >= 11 is 0. The number of rotatable bonds is 3. The monoisotopic (exact) mass is 229 g/mol. The molecule has 1 aromatic heterocycles. The number of nitrogens with zero attached hydrogens (tertiary/aromatic N) is 2. The van der Waals surface area contributed by atoms with E-state index in [-0.39, 0.29) is 5.54 Å². The fourth-order valence-corrected chi connectivity index (χ4v) is 2.30. The first-order valence-electron chi connectivity index (χ1n) is 6.30. The third-order valence-electron chi connectivity index (χ3n) is 3.69. The van der Waals surface area contributed by atoms with Gasteiger partial charge in [-0.15, -0.1) is 0 Å². The van der Waals surface area contributed by atoms with Crippen LogP contribution in [-0.2, 0) is 5.54 Å². The van der Waals surface area contributed by atoms with Crippen LogP contribution in [0, 0.1) is 0 Å². The first-order valence-corrected chi connectivity index (χ1v) is 6.30. The number of hydrogen-bond donors (Lipinski definition) is 1. The smallest absolute Gasteiger partial charge is 0.129 e. The van der Waals surface area contributed by atoms with Gasteiger partial charge in [-0.3, -0.25) is 0 Å². The number of benzene rings is 1. The van der Waals surface area contributed by atoms with Gasteiger partial charge in [-0.05, 0) is 45.9 Å². The Morgan fingerprint density at radius 3 is 2.65 bits per heavy atom. The third-order valence-corrected chi connectivity index (χ3v) is 3.69. The molecule has 3 nitrogen and oxygen atoms in total. The summed E-state index contributed by atoms with van der Waals surface area (Å²) in [6, 6.07) is 9.09. The average molecular weight is 229 g/mol. The van der Waals surface area contributed by atoms with Gasteiger partial charge in [0.25, 0.3) is 0 Å². The molecule has 3 heteroatoms. The van der Waals surface area contributed by atoms with E-state index in [1.807, 2.05) is 7.05 Å². The normalized spacial score (nSPS) is 16.6. The van der Waals surface area contributed by atoms with Gasteiger partial charge in [0, 0.05) is 6.04 Å². The van der Waals surface area contributed by atoms with Gasteiger partial charge in [0.1, 0.15) is 5.82 Å². The SMILES string of the molecule is CNC(C)(C)c1nc2ccccc2n1C1CC1. The number of fused-ring (bicyclic) bond motifs is 1. The average Bonchev–Trinajstić information content (AvgIpc) is 3.09. The van der Waals surface area contributed by atoms with Crippen molar-refractivity contribution in [3.05, 3.63) is 30.1 Å². The molecule has 0 radical (unpaired) electrons. The first-order chi connectivity index (χ1) is 8.13. The molecule has 1 aliphatic rings. The molecule has 2 aromatic rings. The van der Waals surface area contributed by atoms with Crippen LogP contribution in [0.15, 0.2) is 24.3 Å². The lowest BCUT2D eigenvalue weighted by molar-refractivity contribution is 0.398. The van der Waals surface area contributed by atoms with Crippen LogP contribution in [0.2, 0.25) is 0 Å². The maximum Gasteiger partial charge on any atom is 0.129 e. The molecule has 1 aliphatic carbocycles. The Hall–Kier alpha value is -1.35. The van der Waals surface area contributed by atoms with E-state index in [0.29, 0.717) is 6.04 Å². The molecule has 1 aromatic carbocycles. The van der Waals surface area contributed by atoms with Crippen LogP contribution in [0.25, 0.3) is 11.0 Å². The van der Waals surface area contributed by atoms with Crippen molar-refractivity contribution in [3.8, 4) is 0 Å². The Morgan fingerprint density at radius 1 is 1.29 bits per heavy atom. The summed E-state index contributed by atoms with van der Waals surface area (Å²) in [4.78, 5) is 4.82. The van der Waals surface area contributed by atoms with Crippen molar-refractivity contribution in [1.29, 1.82) is 0 Å². The van der Waals surface area contributed by atoms with Gasteiger partial charge >= 0.3 is 0 Å². The van der Waals surface area contributed by atoms with Crippen molar-refractivity contribution in [2.75, 3.05) is 7.05 Å². The largest absolute Gasteiger partial charge is 0.323 e. The van der Waals surface area contributed by atoms with E-state index >= 15 is 0 Å². The lowest BCUT2D eigenvalue weighted by atomic mass is 10.1. The predicted molar refractivity (Wildman–Crippen MR) is 70.1 cm³/mol. The zero-order chi connectivity index (χ0) is 12.0. The molecule has 17 heavy (non-hydrogen) atoms. The standard InChI is InChI=1S/C14H19N3/c1-14(2,15-3)13-16-11-6-4-5-7-12(11)17(13)10-8-9-10/h4-7,10,15H,8-9H2,1-3H3. The van der Waals surface area contributed by atoms with Crippen LogP contribution in [0.1, 0.15) is 38.6 Å². The molecular weight excluding hydrogens is 210 g/mol. The molecule has 0 aliphatic heterocycles. The molecule has 1 heterocycles. The number of aromatic nitrogens is 2. The Labute approximate surface area is 102 Å². The first kappa shape index (κ1) is 10.8. The van der Waals surface area contributed by atoms with Gasteiger partial charge in [0.15, 0.2) is 0 Å². The molecule has 90 valence electrons. The van der Waals surface area contributed by atoms with Gasteiger partial charge < -0.3 is 9.88 Å². The lowest BCUT2D eigenvalue weighted by Crippen LogP contribution is -2.36. The Bertz CT molecular complexity index is 550. The highest BCUT2D eigenvalue weighted by Crippen LogP contribution is 2.40. The molecule has 1 saturated carbocycles. The highest BCUT2D eigenvalue weighted by Gasteiger charge is 2.33. The molecule has 0 spiro atoms. The quantitative estimate of drug-likeness (QED) is 0.877. The van der Waals surface area contributed by atoms with Crippen molar-refractivity contribution in [3.63, 3.8) is 0 Å². The summed E-state index contributed by atoms with van der Waals surface area (Å²) in [7, 11) is 2.00. The van der Waals surface area contributed by atoms with E-state index in [1.165, 1.54) is 18.4 Å². The Morgan fingerprint density at radius 2 is 2.00 bits per heavy atom.